The normalized spacial score (nSPS) is 7.21. The third-order valence-corrected chi connectivity index (χ3v) is 1.29. The van der Waals surface area contributed by atoms with Crippen LogP contribution in [0.2, 0.25) is 0 Å². The maximum Gasteiger partial charge on any atom is 0.337 e. The van der Waals surface area contributed by atoms with E-state index in [4.69, 9.17) is 5.11 Å². The Bertz CT molecular complexity index is 261. The first kappa shape index (κ1) is 20.8. The summed E-state index contributed by atoms with van der Waals surface area (Å²) in [4.78, 5) is 10.8. The van der Waals surface area contributed by atoms with E-state index in [2.05, 4.69) is 4.74 Å². The third-order valence-electron chi connectivity index (χ3n) is 1.29. The van der Waals surface area contributed by atoms with Crippen LogP contribution in [0.3, 0.4) is 0 Å². The first-order valence-corrected chi connectivity index (χ1v) is 3.11. The van der Waals surface area contributed by atoms with Crippen LogP contribution in [0.1, 0.15) is 10.4 Å². The van der Waals surface area contributed by atoms with Crippen molar-refractivity contribution in [2.24, 2.45) is 0 Å². The fourth-order valence-corrected chi connectivity index (χ4v) is 0.715. The summed E-state index contributed by atoms with van der Waals surface area (Å²) in [5.41, 5.74) is 0.435. The van der Waals surface area contributed by atoms with Crippen molar-refractivity contribution in [3.05, 3.63) is 29.8 Å². The minimum atomic E-state index is -0.398. The van der Waals surface area contributed by atoms with E-state index in [1.54, 1.807) is 0 Å². The number of benzene rings is 1. The van der Waals surface area contributed by atoms with Crippen LogP contribution in [0.4, 0.5) is 0 Å². The van der Waals surface area contributed by atoms with E-state index in [1.807, 2.05) is 0 Å². The average Bonchev–Trinajstić information content (AvgIpc) is 2.05. The number of methoxy groups -OCH3 is 1. The van der Waals surface area contributed by atoms with Crippen LogP contribution < -0.4 is 0 Å². The van der Waals surface area contributed by atoms with E-state index in [0.717, 1.165) is 0 Å². The molecule has 0 atom stereocenters. The standard InChI is InChI=1S/C8H8O3.3Na/c1-11-8(10)6-2-4-7(9)5-3-6;;;/h2-5,9H,1H3;;;. The Kier molecular flexibility index (Phi) is 16.4. The van der Waals surface area contributed by atoms with Crippen LogP contribution in [0.25, 0.3) is 0 Å². The van der Waals surface area contributed by atoms with Crippen molar-refractivity contribution in [3.8, 4) is 5.75 Å². The van der Waals surface area contributed by atoms with E-state index in [9.17, 15) is 4.79 Å². The third kappa shape index (κ3) is 6.88. The van der Waals surface area contributed by atoms with Crippen molar-refractivity contribution in [2.75, 3.05) is 7.11 Å². The number of esters is 1. The van der Waals surface area contributed by atoms with Gasteiger partial charge >= 0.3 is 5.97 Å². The van der Waals surface area contributed by atoms with Gasteiger partial charge in [0.1, 0.15) is 5.75 Å². The molecule has 0 amide bonds. The molecule has 0 aliphatic carbocycles. The summed E-state index contributed by atoms with van der Waals surface area (Å²) in [5, 5.41) is 8.86. The number of phenolic OH excluding ortho intramolecular Hbond substituents is 1. The Labute approximate surface area is 149 Å². The minimum absolute atomic E-state index is 0. The molecule has 6 heteroatoms. The molecule has 61 valence electrons. The molecule has 0 unspecified atom stereocenters. The van der Waals surface area contributed by atoms with Crippen LogP contribution in [0, 0.1) is 0 Å². The van der Waals surface area contributed by atoms with Crippen LogP contribution in [0.15, 0.2) is 24.3 Å². The Morgan fingerprint density at radius 2 is 1.57 bits per heavy atom. The SMILES string of the molecule is COC(=O)c1ccc(O)cc1.[Na].[Na].[Na]. The number of hydrogen-bond donors (Lipinski definition) is 1. The second-order valence-electron chi connectivity index (χ2n) is 2.04. The Balaban J connectivity index is -0.000000403. The molecule has 0 aliphatic rings. The van der Waals surface area contributed by atoms with Gasteiger partial charge in [-0.2, -0.15) is 0 Å². The van der Waals surface area contributed by atoms with Crippen LogP contribution >= 0.6 is 0 Å². The molecule has 0 spiro atoms. The molecule has 1 aromatic carbocycles. The fourth-order valence-electron chi connectivity index (χ4n) is 0.715. The van der Waals surface area contributed by atoms with Gasteiger partial charge in [0.25, 0.3) is 0 Å². The molecule has 1 rings (SSSR count). The molecule has 0 fully saturated rings. The van der Waals surface area contributed by atoms with Crippen molar-refractivity contribution in [1.82, 2.24) is 0 Å². The number of rotatable bonds is 1. The molecular formula is C8H8Na3O3. The summed E-state index contributed by atoms with van der Waals surface area (Å²) >= 11 is 0. The molecule has 0 saturated carbocycles. The second kappa shape index (κ2) is 11.0. The smallest absolute Gasteiger partial charge is 0.337 e. The minimum Gasteiger partial charge on any atom is -0.508 e. The van der Waals surface area contributed by atoms with Crippen molar-refractivity contribution in [3.63, 3.8) is 0 Å². The number of aromatic hydroxyl groups is 1. The quantitative estimate of drug-likeness (QED) is 0.537. The second-order valence-corrected chi connectivity index (χ2v) is 2.04. The van der Waals surface area contributed by atoms with Gasteiger partial charge in [0.15, 0.2) is 0 Å². The summed E-state index contributed by atoms with van der Waals surface area (Å²) in [6, 6.07) is 5.88. The number of phenols is 1. The molecule has 0 saturated heterocycles. The molecule has 0 bridgehead atoms. The van der Waals surface area contributed by atoms with E-state index in [-0.39, 0.29) is 94.4 Å². The zero-order chi connectivity index (χ0) is 8.27. The Hall–Kier alpha value is 1.49. The molecular weight excluding hydrogens is 213 g/mol. The Morgan fingerprint density at radius 1 is 1.14 bits per heavy atom. The molecule has 14 heavy (non-hydrogen) atoms. The van der Waals surface area contributed by atoms with Gasteiger partial charge in [0.05, 0.1) is 12.7 Å². The van der Waals surface area contributed by atoms with Gasteiger partial charge in [-0.1, -0.05) is 0 Å². The van der Waals surface area contributed by atoms with E-state index >= 15 is 0 Å². The summed E-state index contributed by atoms with van der Waals surface area (Å²) in [6.45, 7) is 0. The summed E-state index contributed by atoms with van der Waals surface area (Å²) in [5.74, 6) is -0.261. The largest absolute Gasteiger partial charge is 0.508 e. The van der Waals surface area contributed by atoms with Crippen LogP contribution in [0.5, 0.6) is 5.75 Å². The van der Waals surface area contributed by atoms with E-state index < -0.39 is 5.97 Å². The number of carbonyl (C=O) groups excluding carboxylic acids is 1. The first-order chi connectivity index (χ1) is 5.24. The van der Waals surface area contributed by atoms with Gasteiger partial charge in [-0.25, -0.2) is 4.79 Å². The predicted molar refractivity (Wildman–Crippen MR) is 56.7 cm³/mol. The van der Waals surface area contributed by atoms with E-state index in [1.165, 1.54) is 31.4 Å². The zero-order valence-corrected chi connectivity index (χ0v) is 15.1. The maximum absolute atomic E-state index is 10.8. The summed E-state index contributed by atoms with van der Waals surface area (Å²) in [7, 11) is 1.31. The van der Waals surface area contributed by atoms with Crippen molar-refractivity contribution >= 4 is 94.6 Å². The van der Waals surface area contributed by atoms with Gasteiger partial charge in [-0.05, 0) is 24.3 Å². The maximum atomic E-state index is 10.8. The molecule has 3 radical (unpaired) electrons. The van der Waals surface area contributed by atoms with Crippen molar-refractivity contribution in [2.45, 2.75) is 0 Å². The first-order valence-electron chi connectivity index (χ1n) is 3.11. The number of carbonyl (C=O) groups is 1. The number of hydrogen-bond acceptors (Lipinski definition) is 3. The molecule has 0 aliphatic heterocycles. The monoisotopic (exact) mass is 221 g/mol. The van der Waals surface area contributed by atoms with Crippen molar-refractivity contribution < 1.29 is 14.6 Å². The van der Waals surface area contributed by atoms with E-state index in [0.29, 0.717) is 5.56 Å². The molecule has 0 heterocycles. The Morgan fingerprint density at radius 3 is 1.93 bits per heavy atom. The topological polar surface area (TPSA) is 46.5 Å². The van der Waals surface area contributed by atoms with Crippen LogP contribution in [-0.2, 0) is 4.74 Å². The predicted octanol–water partition coefficient (Wildman–Crippen LogP) is 0.0364. The van der Waals surface area contributed by atoms with Gasteiger partial charge in [-0.3, -0.25) is 0 Å². The summed E-state index contributed by atoms with van der Waals surface area (Å²) in [6.07, 6.45) is 0. The van der Waals surface area contributed by atoms with Crippen LogP contribution in [-0.4, -0.2) is 107 Å². The van der Waals surface area contributed by atoms with Crippen molar-refractivity contribution in [1.29, 1.82) is 0 Å². The molecule has 1 N–H and O–H groups in total. The zero-order valence-electron chi connectivity index (χ0n) is 9.07. The molecule has 3 nitrogen and oxygen atoms in total. The average molecular weight is 221 g/mol. The summed E-state index contributed by atoms with van der Waals surface area (Å²) < 4.78 is 4.46. The van der Waals surface area contributed by atoms with Gasteiger partial charge in [0, 0.05) is 88.7 Å². The van der Waals surface area contributed by atoms with Gasteiger partial charge in [0.2, 0.25) is 0 Å². The molecule has 1 aromatic rings. The fraction of sp³-hybridized carbons (Fsp3) is 0.125. The van der Waals surface area contributed by atoms with Gasteiger partial charge in [-0.15, -0.1) is 0 Å². The van der Waals surface area contributed by atoms with Gasteiger partial charge < -0.3 is 9.84 Å². The molecule has 0 aromatic heterocycles. The number of ether oxygens (including phenoxy) is 1.